The molecule has 23 nitrogen and oxygen atoms in total. The van der Waals surface area contributed by atoms with Gasteiger partial charge in [0.05, 0.1) is 31.8 Å². The summed E-state index contributed by atoms with van der Waals surface area (Å²) in [7, 11) is -15.8. The summed E-state index contributed by atoms with van der Waals surface area (Å²) in [5, 5.41) is 26.3. The molecule has 3 rings (SSSR count). The van der Waals surface area contributed by atoms with E-state index >= 15 is 0 Å². The van der Waals surface area contributed by atoms with Crippen LogP contribution >= 0.6 is 35.0 Å². The molecular formula is C30H48N7O16P3S. The smallest absolute Gasteiger partial charge is 0.388 e. The SMILES string of the molecule is CCCC=C/C=C/C(=O)SCCNC(=O)CCNC(=O)C(O)C(C)(C)COP(=O)(O)OP(=O)(O)OC[C@H]1OC(n2cnc3c(N)ncnc32)[C@H](O)[C@@H]1CP(=O)(O)O. The summed E-state index contributed by atoms with van der Waals surface area (Å²) in [6.07, 6.45) is 3.40. The normalized spacial score (nSPS) is 21.8. The number of aliphatic hydroxyl groups excluding tert-OH is 2. The lowest BCUT2D eigenvalue weighted by Crippen LogP contribution is -2.46. The number of carbonyl (C=O) groups is 3. The number of aliphatic hydroxyl groups is 2. The summed E-state index contributed by atoms with van der Waals surface area (Å²) < 4.78 is 58.1. The van der Waals surface area contributed by atoms with Crippen molar-refractivity contribution in [2.45, 2.75) is 64.6 Å². The summed E-state index contributed by atoms with van der Waals surface area (Å²) >= 11 is 1.02. The number of thioether (sulfide) groups is 1. The predicted molar refractivity (Wildman–Crippen MR) is 204 cm³/mol. The van der Waals surface area contributed by atoms with Crippen LogP contribution in [0.4, 0.5) is 5.82 Å². The van der Waals surface area contributed by atoms with Crippen LogP contribution in [0.5, 0.6) is 0 Å². The molecule has 0 aliphatic carbocycles. The summed E-state index contributed by atoms with van der Waals surface area (Å²) in [6, 6.07) is 0. The molecule has 7 atom stereocenters. The molecule has 10 N–H and O–H groups in total. The van der Waals surface area contributed by atoms with E-state index in [0.717, 1.165) is 30.9 Å². The van der Waals surface area contributed by atoms with Gasteiger partial charge >= 0.3 is 23.2 Å². The third-order valence-corrected chi connectivity index (χ3v) is 12.4. The van der Waals surface area contributed by atoms with Crippen molar-refractivity contribution in [3.05, 3.63) is 37.0 Å². The number of allylic oxidation sites excluding steroid dienone is 3. The monoisotopic (exact) mass is 887 g/mol. The number of fused-ring (bicyclic) bond motifs is 1. The van der Waals surface area contributed by atoms with E-state index in [2.05, 4.69) is 29.9 Å². The molecule has 0 saturated carbocycles. The Labute approximate surface area is 331 Å². The summed E-state index contributed by atoms with van der Waals surface area (Å²) in [6.45, 7) is 2.69. The van der Waals surface area contributed by atoms with E-state index in [1.807, 2.05) is 13.0 Å². The number of carbonyl (C=O) groups excluding carboxylic acids is 3. The average Bonchev–Trinajstić information content (AvgIpc) is 3.68. The minimum absolute atomic E-state index is 0.0117. The molecule has 3 heterocycles. The molecule has 2 aromatic heterocycles. The third kappa shape index (κ3) is 15.6. The molecule has 320 valence electrons. The summed E-state index contributed by atoms with van der Waals surface area (Å²) in [4.78, 5) is 88.1. The van der Waals surface area contributed by atoms with E-state index in [4.69, 9.17) is 19.5 Å². The van der Waals surface area contributed by atoms with Gasteiger partial charge in [0.25, 0.3) is 0 Å². The Hall–Kier alpha value is -2.92. The van der Waals surface area contributed by atoms with Crippen molar-refractivity contribution >= 4 is 68.9 Å². The van der Waals surface area contributed by atoms with Crippen LogP contribution in [-0.2, 0) is 46.2 Å². The van der Waals surface area contributed by atoms with E-state index in [9.17, 15) is 57.9 Å². The van der Waals surface area contributed by atoms with Crippen molar-refractivity contribution in [2.75, 3.05) is 44.0 Å². The fraction of sp³-hybridized carbons (Fsp3) is 0.600. The van der Waals surface area contributed by atoms with Crippen LogP contribution in [0.3, 0.4) is 0 Å². The summed E-state index contributed by atoms with van der Waals surface area (Å²) in [5.41, 5.74) is 4.39. The minimum atomic E-state index is -5.52. The number of nitrogens with two attached hydrogens (primary N) is 1. The van der Waals surface area contributed by atoms with Crippen molar-refractivity contribution in [1.29, 1.82) is 0 Å². The molecule has 1 aliphatic heterocycles. The van der Waals surface area contributed by atoms with E-state index in [-0.39, 0.29) is 41.6 Å². The molecule has 1 fully saturated rings. The van der Waals surface area contributed by atoms with Crippen molar-refractivity contribution < 1.29 is 76.0 Å². The fourth-order valence-electron chi connectivity index (χ4n) is 5.12. The van der Waals surface area contributed by atoms with Gasteiger partial charge < -0.3 is 50.9 Å². The molecule has 0 aromatic carbocycles. The quantitative estimate of drug-likeness (QED) is 0.0324. The zero-order valence-electron chi connectivity index (χ0n) is 31.1. The number of hydrogen-bond donors (Lipinski definition) is 9. The molecule has 57 heavy (non-hydrogen) atoms. The molecule has 27 heteroatoms. The number of imidazole rings is 1. The Bertz CT molecular complexity index is 1910. The average molecular weight is 888 g/mol. The van der Waals surface area contributed by atoms with Crippen molar-refractivity contribution in [3.63, 3.8) is 0 Å². The number of nitrogens with zero attached hydrogens (tertiary/aromatic N) is 4. The van der Waals surface area contributed by atoms with Crippen LogP contribution in [0.2, 0.25) is 0 Å². The maximum atomic E-state index is 12.7. The Morgan fingerprint density at radius 3 is 2.46 bits per heavy atom. The van der Waals surface area contributed by atoms with Crippen molar-refractivity contribution in [1.82, 2.24) is 30.2 Å². The van der Waals surface area contributed by atoms with Gasteiger partial charge in [-0.15, -0.1) is 0 Å². The molecule has 4 unspecified atom stereocenters. The van der Waals surface area contributed by atoms with Gasteiger partial charge in [-0.1, -0.05) is 57.2 Å². The number of phosphoric ester groups is 2. The second-order valence-corrected chi connectivity index (χ2v) is 19.1. The van der Waals surface area contributed by atoms with E-state index in [0.29, 0.717) is 5.75 Å². The van der Waals surface area contributed by atoms with Crippen LogP contribution in [0, 0.1) is 11.3 Å². The molecule has 1 aliphatic rings. The Balaban J connectivity index is 1.47. The number of phosphoric acid groups is 2. The van der Waals surface area contributed by atoms with Crippen LogP contribution in [-0.4, -0.2) is 123 Å². The lowest BCUT2D eigenvalue weighted by molar-refractivity contribution is -0.137. The lowest BCUT2D eigenvalue weighted by Gasteiger charge is -2.30. The molecule has 1 saturated heterocycles. The topological polar surface area (TPSA) is 354 Å². The standard InChI is InChI=1S/C30H48N7O16P3S/c1-4-5-6-7-8-9-22(39)57-13-12-32-21(38)10-11-33-28(42)25(41)30(2,3)16-51-56(48,49)53-55(46,47)50-14-20-19(15-54(43,44)45)24(40)29(52-20)37-18-36-23-26(31)34-17-35-27(23)37/h6-9,17-20,24-25,29,40-41H,4-5,10-16H2,1-3H3,(H,32,38)(H,33,42)(H,46,47)(H,48,49)(H2,31,34,35)(H2,43,44,45)/b7-6?,9-8+/t19-,20-,24-,25?,29?/m1/s1. The number of unbranched alkanes of at least 4 members (excludes halogenated alkanes) is 1. The van der Waals surface area contributed by atoms with Gasteiger partial charge in [-0.25, -0.2) is 24.1 Å². The number of nitrogens with one attached hydrogen (secondary N) is 2. The largest absolute Gasteiger partial charge is 0.481 e. The van der Waals surface area contributed by atoms with Gasteiger partial charge in [0.1, 0.15) is 24.1 Å². The fourth-order valence-corrected chi connectivity index (χ4v) is 8.95. The Kier molecular flexibility index (Phi) is 18.2. The predicted octanol–water partition coefficient (Wildman–Crippen LogP) is 0.893. The van der Waals surface area contributed by atoms with Crippen LogP contribution in [0.15, 0.2) is 37.0 Å². The molecule has 0 spiro atoms. The van der Waals surface area contributed by atoms with Crippen LogP contribution < -0.4 is 16.4 Å². The van der Waals surface area contributed by atoms with Crippen molar-refractivity contribution in [3.8, 4) is 0 Å². The first-order chi connectivity index (χ1) is 26.6. The number of ether oxygens (including phenoxy) is 1. The maximum Gasteiger partial charge on any atom is 0.481 e. The lowest BCUT2D eigenvalue weighted by atomic mass is 9.87. The highest BCUT2D eigenvalue weighted by Crippen LogP contribution is 2.61. The Morgan fingerprint density at radius 1 is 1.07 bits per heavy atom. The molecule has 2 aromatic rings. The Morgan fingerprint density at radius 2 is 1.77 bits per heavy atom. The van der Waals surface area contributed by atoms with Gasteiger partial charge in [0, 0.05) is 36.6 Å². The first-order valence-corrected chi connectivity index (χ1v) is 23.0. The molecule has 0 bridgehead atoms. The van der Waals surface area contributed by atoms with Crippen LogP contribution in [0.25, 0.3) is 11.2 Å². The number of hydrogen-bond acceptors (Lipinski definition) is 17. The number of amides is 2. The third-order valence-electron chi connectivity index (χ3n) is 8.08. The zero-order chi connectivity index (χ0) is 42.6. The van der Waals surface area contributed by atoms with E-state index in [1.165, 1.54) is 30.8 Å². The van der Waals surface area contributed by atoms with Gasteiger partial charge in [0.2, 0.25) is 16.9 Å². The first kappa shape index (κ1) is 48.4. The van der Waals surface area contributed by atoms with Gasteiger partial charge in [0.15, 0.2) is 17.7 Å². The minimum Gasteiger partial charge on any atom is -0.388 e. The highest BCUT2D eigenvalue weighted by atomic mass is 32.2. The molecule has 2 amide bonds. The number of aromatic nitrogens is 4. The number of anilines is 1. The maximum absolute atomic E-state index is 12.7. The molecule has 0 radical (unpaired) electrons. The van der Waals surface area contributed by atoms with Gasteiger partial charge in [-0.3, -0.25) is 32.6 Å². The van der Waals surface area contributed by atoms with E-state index in [1.54, 1.807) is 12.2 Å². The number of nitrogen functional groups attached to an aromatic ring is 1. The van der Waals surface area contributed by atoms with Crippen molar-refractivity contribution in [2.24, 2.45) is 11.3 Å². The highest BCUT2D eigenvalue weighted by molar-refractivity contribution is 8.14. The second-order valence-electron chi connectivity index (χ2n) is 13.3. The molecular weight excluding hydrogens is 839 g/mol. The van der Waals surface area contributed by atoms with Gasteiger partial charge in [-0.2, -0.15) is 4.31 Å². The highest BCUT2D eigenvalue weighted by Gasteiger charge is 2.49. The first-order valence-electron chi connectivity index (χ1n) is 17.3. The summed E-state index contributed by atoms with van der Waals surface area (Å²) in [5.74, 6) is -2.52. The second kappa shape index (κ2) is 21.4. The van der Waals surface area contributed by atoms with E-state index < -0.39 is 90.3 Å². The zero-order valence-corrected chi connectivity index (χ0v) is 34.6. The van der Waals surface area contributed by atoms with Gasteiger partial charge in [-0.05, 0) is 12.5 Å². The van der Waals surface area contributed by atoms with Crippen LogP contribution in [0.1, 0.15) is 46.3 Å². The number of rotatable bonds is 23.